The van der Waals surface area contributed by atoms with E-state index in [0.29, 0.717) is 5.69 Å². The molecule has 0 aliphatic heterocycles. The van der Waals surface area contributed by atoms with Gasteiger partial charge in [-0.25, -0.2) is 9.78 Å². The molecule has 0 saturated heterocycles. The number of nitrogens with one attached hydrogen (secondary N) is 1. The second kappa shape index (κ2) is 3.34. The third-order valence-electron chi connectivity index (χ3n) is 1.83. The highest BCUT2D eigenvalue weighted by Crippen LogP contribution is 2.03. The van der Waals surface area contributed by atoms with Crippen LogP contribution in [0.2, 0.25) is 0 Å². The van der Waals surface area contributed by atoms with Crippen LogP contribution >= 0.6 is 0 Å². The molecule has 0 aliphatic carbocycles. The number of aromatic amines is 1. The summed E-state index contributed by atoms with van der Waals surface area (Å²) in [6.07, 6.45) is 1.79. The van der Waals surface area contributed by atoms with Gasteiger partial charge in [0, 0.05) is 11.6 Å². The quantitative estimate of drug-likeness (QED) is 0.582. The summed E-state index contributed by atoms with van der Waals surface area (Å²) in [5.74, 6) is -0.335. The molecular weight excluding hydrogens is 154 g/mol. The van der Waals surface area contributed by atoms with E-state index < -0.39 is 0 Å². The second-order valence-electron chi connectivity index (χ2n) is 2.70. The average Bonchev–Trinajstić information content (AvgIpc) is 2.08. The lowest BCUT2D eigenvalue weighted by Crippen LogP contribution is -2.18. The molecule has 1 aromatic heterocycles. The van der Waals surface area contributed by atoms with Gasteiger partial charge >= 0.3 is 5.97 Å². The number of hydrogen-bond acceptors (Lipinski definition) is 2. The smallest absolute Gasteiger partial charge is 0.403 e. The summed E-state index contributed by atoms with van der Waals surface area (Å²) in [4.78, 5) is 13.9. The molecule has 64 valence electrons. The van der Waals surface area contributed by atoms with E-state index in [0.717, 1.165) is 11.1 Å². The average molecular weight is 166 g/mol. The molecule has 3 nitrogen and oxygen atoms in total. The number of aryl methyl sites for hydroxylation is 2. The van der Waals surface area contributed by atoms with Crippen LogP contribution in [0.1, 0.15) is 21.6 Å². The van der Waals surface area contributed by atoms with E-state index in [4.69, 9.17) is 0 Å². The van der Waals surface area contributed by atoms with Crippen molar-refractivity contribution in [2.75, 3.05) is 7.11 Å². The minimum absolute atomic E-state index is 0.335. The number of ether oxygens (including phenoxy) is 1. The second-order valence-corrected chi connectivity index (χ2v) is 2.70. The van der Waals surface area contributed by atoms with Gasteiger partial charge in [0.15, 0.2) is 6.20 Å². The van der Waals surface area contributed by atoms with Gasteiger partial charge in [-0.15, -0.1) is 0 Å². The van der Waals surface area contributed by atoms with Gasteiger partial charge in [0.1, 0.15) is 0 Å². The number of methoxy groups -OCH3 is 1. The number of esters is 1. The van der Waals surface area contributed by atoms with Crippen LogP contribution in [-0.2, 0) is 4.74 Å². The molecule has 0 saturated carbocycles. The van der Waals surface area contributed by atoms with E-state index in [1.165, 1.54) is 7.11 Å². The zero-order valence-electron chi connectivity index (χ0n) is 7.47. The minimum Gasteiger partial charge on any atom is -0.461 e. The van der Waals surface area contributed by atoms with E-state index in [2.05, 4.69) is 9.72 Å². The summed E-state index contributed by atoms with van der Waals surface area (Å²) in [5, 5.41) is 0. The molecule has 0 atom stereocenters. The van der Waals surface area contributed by atoms with Crippen molar-refractivity contribution >= 4 is 5.97 Å². The fourth-order valence-electron chi connectivity index (χ4n) is 0.900. The summed E-state index contributed by atoms with van der Waals surface area (Å²) in [7, 11) is 1.37. The van der Waals surface area contributed by atoms with Crippen LogP contribution in [-0.4, -0.2) is 13.1 Å². The number of carbonyl (C=O) groups is 1. The Hall–Kier alpha value is -1.38. The minimum atomic E-state index is -0.335. The first-order valence-corrected chi connectivity index (χ1v) is 3.72. The van der Waals surface area contributed by atoms with Crippen molar-refractivity contribution < 1.29 is 14.5 Å². The highest BCUT2D eigenvalue weighted by Gasteiger charge is 2.13. The molecule has 1 heterocycles. The topological polar surface area (TPSA) is 40.4 Å². The largest absolute Gasteiger partial charge is 0.461 e. The van der Waals surface area contributed by atoms with Crippen molar-refractivity contribution in [2.45, 2.75) is 13.8 Å². The molecule has 3 heteroatoms. The molecule has 12 heavy (non-hydrogen) atoms. The monoisotopic (exact) mass is 166 g/mol. The van der Waals surface area contributed by atoms with Crippen LogP contribution in [0.15, 0.2) is 12.3 Å². The number of carbonyl (C=O) groups excluding carboxylic acids is 1. The molecule has 1 aromatic rings. The summed E-state index contributed by atoms with van der Waals surface area (Å²) in [5.41, 5.74) is 2.69. The third kappa shape index (κ3) is 1.61. The molecule has 0 radical (unpaired) electrons. The molecule has 1 rings (SSSR count). The van der Waals surface area contributed by atoms with Crippen LogP contribution in [0.4, 0.5) is 0 Å². The number of hydrogen-bond donors (Lipinski definition) is 0. The van der Waals surface area contributed by atoms with E-state index >= 15 is 0 Å². The molecule has 0 aliphatic rings. The van der Waals surface area contributed by atoms with Crippen molar-refractivity contribution in [3.8, 4) is 0 Å². The van der Waals surface area contributed by atoms with Crippen molar-refractivity contribution in [3.63, 3.8) is 0 Å². The summed E-state index contributed by atoms with van der Waals surface area (Å²) >= 11 is 0. The van der Waals surface area contributed by atoms with Gasteiger partial charge in [0.25, 0.3) is 5.69 Å². The molecule has 0 aromatic carbocycles. The Morgan fingerprint density at radius 2 is 2.08 bits per heavy atom. The fraction of sp³-hybridized carbons (Fsp3) is 0.333. The normalized spacial score (nSPS) is 9.58. The van der Waals surface area contributed by atoms with E-state index in [1.807, 2.05) is 13.8 Å². The summed E-state index contributed by atoms with van der Waals surface area (Å²) < 4.78 is 4.56. The number of pyridine rings is 1. The molecule has 0 bridgehead atoms. The first-order valence-electron chi connectivity index (χ1n) is 3.72. The number of rotatable bonds is 1. The van der Waals surface area contributed by atoms with Gasteiger partial charge in [-0.2, -0.15) is 0 Å². The zero-order valence-corrected chi connectivity index (χ0v) is 7.47. The Kier molecular flexibility index (Phi) is 2.43. The Bertz CT molecular complexity index is 307. The van der Waals surface area contributed by atoms with Crippen LogP contribution in [0.3, 0.4) is 0 Å². The van der Waals surface area contributed by atoms with Crippen LogP contribution in [0.5, 0.6) is 0 Å². The Morgan fingerprint density at radius 1 is 1.42 bits per heavy atom. The predicted molar refractivity (Wildman–Crippen MR) is 43.8 cm³/mol. The highest BCUT2D eigenvalue weighted by molar-refractivity contribution is 5.85. The van der Waals surface area contributed by atoms with Crippen LogP contribution in [0.25, 0.3) is 0 Å². The van der Waals surface area contributed by atoms with E-state index in [9.17, 15) is 4.79 Å². The lowest BCUT2D eigenvalue weighted by atomic mass is 10.1. The molecule has 0 fully saturated rings. The summed E-state index contributed by atoms with van der Waals surface area (Å²) in [6.45, 7) is 3.93. The van der Waals surface area contributed by atoms with Crippen molar-refractivity contribution in [1.29, 1.82) is 0 Å². The zero-order chi connectivity index (χ0) is 9.14. The molecular formula is C9H12NO2+. The van der Waals surface area contributed by atoms with Crippen LogP contribution in [0, 0.1) is 13.8 Å². The number of aromatic nitrogens is 1. The lowest BCUT2D eigenvalue weighted by Gasteiger charge is -1.96. The Balaban J connectivity index is 3.05. The van der Waals surface area contributed by atoms with Gasteiger partial charge in [-0.3, -0.25) is 0 Å². The van der Waals surface area contributed by atoms with Gasteiger partial charge < -0.3 is 4.74 Å². The van der Waals surface area contributed by atoms with E-state index in [-0.39, 0.29) is 5.97 Å². The third-order valence-corrected chi connectivity index (χ3v) is 1.83. The van der Waals surface area contributed by atoms with Gasteiger partial charge in [0.05, 0.1) is 7.11 Å². The maximum atomic E-state index is 11.0. The Morgan fingerprint density at radius 3 is 2.58 bits per heavy atom. The molecule has 0 unspecified atom stereocenters. The standard InChI is InChI=1S/C9H11NO2/c1-6-4-8(9(11)12-3)10-5-7(6)2/h4-5H,1-3H3/p+1. The predicted octanol–water partition coefficient (Wildman–Crippen LogP) is 0.904. The maximum Gasteiger partial charge on any atom is 0.403 e. The SMILES string of the molecule is COC(=O)c1cc(C)c(C)c[nH+]1. The first kappa shape index (κ1) is 8.71. The maximum absolute atomic E-state index is 11.0. The van der Waals surface area contributed by atoms with Crippen LogP contribution < -0.4 is 4.98 Å². The fourth-order valence-corrected chi connectivity index (χ4v) is 0.900. The molecule has 1 N–H and O–H groups in total. The number of H-pyrrole nitrogens is 1. The molecule has 0 spiro atoms. The van der Waals surface area contributed by atoms with E-state index in [1.54, 1.807) is 12.3 Å². The molecule has 0 amide bonds. The van der Waals surface area contributed by atoms with Gasteiger partial charge in [-0.05, 0) is 19.4 Å². The van der Waals surface area contributed by atoms with Crippen molar-refractivity contribution in [1.82, 2.24) is 0 Å². The highest BCUT2D eigenvalue weighted by atomic mass is 16.5. The van der Waals surface area contributed by atoms with Crippen molar-refractivity contribution in [3.05, 3.63) is 29.1 Å². The van der Waals surface area contributed by atoms with Gasteiger partial charge in [0.2, 0.25) is 0 Å². The van der Waals surface area contributed by atoms with Gasteiger partial charge in [-0.1, -0.05) is 0 Å². The summed E-state index contributed by atoms with van der Waals surface area (Å²) in [6, 6.07) is 1.78. The first-order chi connectivity index (χ1) is 5.65. The Labute approximate surface area is 71.4 Å². The van der Waals surface area contributed by atoms with Crippen molar-refractivity contribution in [2.24, 2.45) is 0 Å². The lowest BCUT2D eigenvalue weighted by molar-refractivity contribution is -0.384.